The minimum absolute atomic E-state index is 0. The SMILES string of the molecule is CC(O)c1ccc(-c2ccc(CNCC3CCNCC3)o2)cc1.Cl.Cl. The predicted molar refractivity (Wildman–Crippen MR) is 107 cm³/mol. The quantitative estimate of drug-likeness (QED) is 0.703. The molecule has 0 saturated carbocycles. The zero-order valence-corrected chi connectivity index (χ0v) is 16.2. The molecule has 1 aromatic heterocycles. The fraction of sp³-hybridized carbons (Fsp3) is 0.474. The maximum Gasteiger partial charge on any atom is 0.134 e. The van der Waals surface area contributed by atoms with Crippen molar-refractivity contribution in [3.05, 3.63) is 47.7 Å². The van der Waals surface area contributed by atoms with Crippen molar-refractivity contribution in [1.29, 1.82) is 0 Å². The summed E-state index contributed by atoms with van der Waals surface area (Å²) >= 11 is 0. The number of rotatable bonds is 6. The summed E-state index contributed by atoms with van der Waals surface area (Å²) in [5.74, 6) is 2.62. The second-order valence-electron chi connectivity index (χ2n) is 6.39. The van der Waals surface area contributed by atoms with E-state index in [9.17, 15) is 5.11 Å². The normalized spacial score (nSPS) is 15.9. The Kier molecular flexibility index (Phi) is 9.54. The van der Waals surface area contributed by atoms with Crippen LogP contribution in [-0.4, -0.2) is 24.7 Å². The first-order valence-electron chi connectivity index (χ1n) is 8.51. The largest absolute Gasteiger partial charge is 0.460 e. The van der Waals surface area contributed by atoms with Crippen LogP contribution in [0.3, 0.4) is 0 Å². The lowest BCUT2D eigenvalue weighted by molar-refractivity contribution is 0.199. The van der Waals surface area contributed by atoms with Crippen LogP contribution in [0.4, 0.5) is 0 Å². The second-order valence-corrected chi connectivity index (χ2v) is 6.39. The smallest absolute Gasteiger partial charge is 0.134 e. The summed E-state index contributed by atoms with van der Waals surface area (Å²) in [5.41, 5.74) is 1.96. The van der Waals surface area contributed by atoms with Gasteiger partial charge in [0, 0.05) is 5.56 Å². The van der Waals surface area contributed by atoms with Gasteiger partial charge in [-0.1, -0.05) is 24.3 Å². The fourth-order valence-corrected chi connectivity index (χ4v) is 3.04. The van der Waals surface area contributed by atoms with Crippen LogP contribution in [-0.2, 0) is 6.54 Å². The summed E-state index contributed by atoms with van der Waals surface area (Å²) < 4.78 is 5.92. The number of halogens is 2. The Morgan fingerprint density at radius 2 is 1.80 bits per heavy atom. The van der Waals surface area contributed by atoms with Gasteiger partial charge in [0.05, 0.1) is 12.6 Å². The van der Waals surface area contributed by atoms with Crippen LogP contribution in [0.5, 0.6) is 0 Å². The van der Waals surface area contributed by atoms with Crippen molar-refractivity contribution in [3.8, 4) is 11.3 Å². The zero-order valence-electron chi connectivity index (χ0n) is 14.5. The van der Waals surface area contributed by atoms with E-state index in [-0.39, 0.29) is 24.8 Å². The maximum absolute atomic E-state index is 9.56. The highest BCUT2D eigenvalue weighted by Crippen LogP contribution is 2.24. The molecule has 6 heteroatoms. The Morgan fingerprint density at radius 1 is 1.12 bits per heavy atom. The van der Waals surface area contributed by atoms with Crippen molar-refractivity contribution in [2.75, 3.05) is 19.6 Å². The Balaban J connectivity index is 0.00000156. The first kappa shape index (κ1) is 22.0. The Morgan fingerprint density at radius 3 is 2.44 bits per heavy atom. The molecule has 1 atom stereocenters. The molecule has 3 rings (SSSR count). The number of nitrogens with one attached hydrogen (secondary N) is 2. The Hall–Kier alpha value is -1.04. The van der Waals surface area contributed by atoms with E-state index >= 15 is 0 Å². The van der Waals surface area contributed by atoms with Crippen LogP contribution in [0, 0.1) is 5.92 Å². The molecule has 1 aromatic carbocycles. The van der Waals surface area contributed by atoms with E-state index in [1.165, 1.54) is 12.8 Å². The van der Waals surface area contributed by atoms with Crippen LogP contribution in [0.25, 0.3) is 11.3 Å². The van der Waals surface area contributed by atoms with Crippen LogP contribution in [0.2, 0.25) is 0 Å². The van der Waals surface area contributed by atoms with E-state index in [2.05, 4.69) is 10.6 Å². The van der Waals surface area contributed by atoms with Gasteiger partial charge in [-0.05, 0) is 63.0 Å². The van der Waals surface area contributed by atoms with Crippen molar-refractivity contribution in [3.63, 3.8) is 0 Å². The first-order chi connectivity index (χ1) is 11.2. The summed E-state index contributed by atoms with van der Waals surface area (Å²) in [5, 5.41) is 16.5. The number of furan rings is 1. The van der Waals surface area contributed by atoms with Crippen molar-refractivity contribution in [2.24, 2.45) is 5.92 Å². The lowest BCUT2D eigenvalue weighted by Gasteiger charge is -2.22. The molecule has 1 aliphatic heterocycles. The lowest BCUT2D eigenvalue weighted by atomic mass is 9.98. The molecule has 25 heavy (non-hydrogen) atoms. The van der Waals surface area contributed by atoms with Gasteiger partial charge in [-0.15, -0.1) is 24.8 Å². The topological polar surface area (TPSA) is 57.4 Å². The standard InChI is InChI=1S/C19H26N2O2.2ClH/c1-14(22)16-2-4-17(5-3-16)19-7-6-18(23-19)13-21-12-15-8-10-20-11-9-15;;/h2-7,14-15,20-22H,8-13H2,1H3;2*1H. The van der Waals surface area contributed by atoms with E-state index in [1.54, 1.807) is 6.92 Å². The van der Waals surface area contributed by atoms with Gasteiger partial charge in [-0.25, -0.2) is 0 Å². The maximum atomic E-state index is 9.56. The van der Waals surface area contributed by atoms with Crippen LogP contribution < -0.4 is 10.6 Å². The molecule has 2 aromatic rings. The molecule has 4 nitrogen and oxygen atoms in total. The third kappa shape index (κ3) is 6.32. The number of benzene rings is 1. The molecule has 0 amide bonds. The number of hydrogen-bond acceptors (Lipinski definition) is 4. The molecule has 1 aliphatic rings. The third-order valence-electron chi connectivity index (χ3n) is 4.53. The van der Waals surface area contributed by atoms with Gasteiger partial charge in [0.25, 0.3) is 0 Å². The van der Waals surface area contributed by atoms with Crippen LogP contribution in [0.1, 0.15) is 37.2 Å². The summed E-state index contributed by atoms with van der Waals surface area (Å²) in [6.45, 7) is 5.88. The number of piperidine rings is 1. The van der Waals surface area contributed by atoms with Crippen LogP contribution in [0.15, 0.2) is 40.8 Å². The minimum atomic E-state index is -0.435. The lowest BCUT2D eigenvalue weighted by Crippen LogP contribution is -2.33. The van der Waals surface area contributed by atoms with Gasteiger partial charge in [0.15, 0.2) is 0 Å². The van der Waals surface area contributed by atoms with Crippen molar-refractivity contribution >= 4 is 24.8 Å². The first-order valence-corrected chi connectivity index (χ1v) is 8.51. The van der Waals surface area contributed by atoms with Gasteiger partial charge in [-0.2, -0.15) is 0 Å². The van der Waals surface area contributed by atoms with Crippen LogP contribution >= 0.6 is 24.8 Å². The Labute approximate surface area is 162 Å². The average Bonchev–Trinajstić information content (AvgIpc) is 3.05. The van der Waals surface area contributed by atoms with Gasteiger partial charge >= 0.3 is 0 Å². The van der Waals surface area contributed by atoms with Crippen molar-refractivity contribution in [2.45, 2.75) is 32.4 Å². The molecule has 2 heterocycles. The highest BCUT2D eigenvalue weighted by molar-refractivity contribution is 5.85. The molecule has 3 N–H and O–H groups in total. The molecule has 1 unspecified atom stereocenters. The third-order valence-corrected chi connectivity index (χ3v) is 4.53. The van der Waals surface area contributed by atoms with E-state index in [1.807, 2.05) is 36.4 Å². The summed E-state index contributed by atoms with van der Waals surface area (Å²) in [6.07, 6.45) is 2.08. The summed E-state index contributed by atoms with van der Waals surface area (Å²) in [6, 6.07) is 11.9. The molecule has 1 fully saturated rings. The van der Waals surface area contributed by atoms with Gasteiger partial charge < -0.3 is 20.2 Å². The molecule has 0 aliphatic carbocycles. The minimum Gasteiger partial charge on any atom is -0.460 e. The van der Waals surface area contributed by atoms with E-state index in [4.69, 9.17) is 4.42 Å². The number of hydrogen-bond donors (Lipinski definition) is 3. The number of aliphatic hydroxyl groups is 1. The molecule has 140 valence electrons. The molecule has 0 radical (unpaired) electrons. The van der Waals surface area contributed by atoms with Gasteiger partial charge in [0.1, 0.15) is 11.5 Å². The highest BCUT2D eigenvalue weighted by Gasteiger charge is 2.12. The van der Waals surface area contributed by atoms with E-state index in [0.29, 0.717) is 0 Å². The molecule has 1 saturated heterocycles. The summed E-state index contributed by atoms with van der Waals surface area (Å²) in [7, 11) is 0. The second kappa shape index (κ2) is 10.8. The summed E-state index contributed by atoms with van der Waals surface area (Å²) in [4.78, 5) is 0. The molecule has 0 bridgehead atoms. The number of aliphatic hydroxyl groups excluding tert-OH is 1. The monoisotopic (exact) mass is 386 g/mol. The van der Waals surface area contributed by atoms with Crippen molar-refractivity contribution in [1.82, 2.24) is 10.6 Å². The fourth-order valence-electron chi connectivity index (χ4n) is 3.04. The molecular weight excluding hydrogens is 359 g/mol. The van der Waals surface area contributed by atoms with E-state index < -0.39 is 6.10 Å². The predicted octanol–water partition coefficient (Wildman–Crippen LogP) is 3.93. The zero-order chi connectivity index (χ0) is 16.1. The van der Waals surface area contributed by atoms with Gasteiger partial charge in [0.2, 0.25) is 0 Å². The highest BCUT2D eigenvalue weighted by atomic mass is 35.5. The Bertz CT molecular complexity index is 608. The van der Waals surface area contributed by atoms with Gasteiger partial charge in [-0.3, -0.25) is 0 Å². The average molecular weight is 387 g/mol. The van der Waals surface area contributed by atoms with Crippen molar-refractivity contribution < 1.29 is 9.52 Å². The molecule has 0 spiro atoms. The molecular formula is C19H28Cl2N2O2. The van der Waals surface area contributed by atoms with E-state index in [0.717, 1.165) is 54.7 Å².